The van der Waals surface area contributed by atoms with Gasteiger partial charge in [-0.1, -0.05) is 26.0 Å². The van der Waals surface area contributed by atoms with Crippen LogP contribution in [0.25, 0.3) is 11.4 Å². The van der Waals surface area contributed by atoms with Crippen LogP contribution in [0.15, 0.2) is 36.5 Å². The van der Waals surface area contributed by atoms with Crippen molar-refractivity contribution in [3.05, 3.63) is 42.2 Å². The van der Waals surface area contributed by atoms with Gasteiger partial charge >= 0.3 is 0 Å². The molecule has 0 saturated heterocycles. The molecule has 2 N–H and O–H groups in total. The Bertz CT molecular complexity index is 526. The highest BCUT2D eigenvalue weighted by atomic mass is 16.3. The molecule has 0 atom stereocenters. The zero-order valence-electron chi connectivity index (χ0n) is 10.6. The maximum absolute atomic E-state index is 9.45. The Kier molecular flexibility index (Phi) is 3.89. The van der Waals surface area contributed by atoms with Gasteiger partial charge in [0.05, 0.1) is 5.69 Å². The van der Waals surface area contributed by atoms with E-state index >= 15 is 0 Å². The molecule has 0 aliphatic carbocycles. The van der Waals surface area contributed by atoms with Crippen LogP contribution in [0.5, 0.6) is 5.75 Å². The third-order valence-electron chi connectivity index (χ3n) is 2.51. The van der Waals surface area contributed by atoms with Crippen molar-refractivity contribution in [1.29, 1.82) is 0 Å². The van der Waals surface area contributed by atoms with Gasteiger partial charge < -0.3 is 10.4 Å². The second-order valence-electron chi connectivity index (χ2n) is 4.46. The van der Waals surface area contributed by atoms with Crippen molar-refractivity contribution in [2.75, 3.05) is 0 Å². The van der Waals surface area contributed by atoms with Crippen molar-refractivity contribution >= 4 is 0 Å². The highest BCUT2D eigenvalue weighted by molar-refractivity contribution is 5.57. The highest BCUT2D eigenvalue weighted by Crippen LogP contribution is 2.19. The van der Waals surface area contributed by atoms with Gasteiger partial charge in [-0.2, -0.15) is 0 Å². The molecular formula is C14H17N3O. The molecule has 1 heterocycles. The molecule has 0 unspecified atom stereocenters. The largest absolute Gasteiger partial charge is 0.508 e. The van der Waals surface area contributed by atoms with Crippen LogP contribution in [0.4, 0.5) is 0 Å². The predicted molar refractivity (Wildman–Crippen MR) is 71.1 cm³/mol. The highest BCUT2D eigenvalue weighted by Gasteiger charge is 2.04. The van der Waals surface area contributed by atoms with E-state index in [9.17, 15) is 5.11 Å². The Morgan fingerprint density at radius 1 is 1.28 bits per heavy atom. The Hall–Kier alpha value is -1.94. The first-order valence-corrected chi connectivity index (χ1v) is 6.00. The summed E-state index contributed by atoms with van der Waals surface area (Å²) in [5, 5.41) is 12.8. The van der Waals surface area contributed by atoms with E-state index in [2.05, 4.69) is 29.1 Å². The number of hydrogen-bond donors (Lipinski definition) is 2. The fourth-order valence-electron chi connectivity index (χ4n) is 1.59. The second-order valence-corrected chi connectivity index (χ2v) is 4.46. The lowest BCUT2D eigenvalue weighted by atomic mass is 10.2. The van der Waals surface area contributed by atoms with E-state index in [1.165, 1.54) is 0 Å². The standard InChI is InChI=1S/C14H17N3O/c1-10(2)16-9-12-6-7-15-14(17-12)11-4-3-5-13(18)8-11/h3-8,10,16,18H,9H2,1-2H3. The van der Waals surface area contributed by atoms with Gasteiger partial charge in [-0.15, -0.1) is 0 Å². The molecule has 2 rings (SSSR count). The van der Waals surface area contributed by atoms with Crippen LogP contribution in [0.2, 0.25) is 0 Å². The number of nitrogens with zero attached hydrogens (tertiary/aromatic N) is 2. The molecule has 0 spiro atoms. The first-order valence-electron chi connectivity index (χ1n) is 6.00. The summed E-state index contributed by atoms with van der Waals surface area (Å²) >= 11 is 0. The average molecular weight is 243 g/mol. The molecule has 0 aliphatic rings. The van der Waals surface area contributed by atoms with Crippen LogP contribution < -0.4 is 5.32 Å². The van der Waals surface area contributed by atoms with E-state index in [4.69, 9.17) is 0 Å². The molecule has 2 aromatic rings. The maximum Gasteiger partial charge on any atom is 0.159 e. The molecule has 0 radical (unpaired) electrons. The van der Waals surface area contributed by atoms with Crippen molar-refractivity contribution in [1.82, 2.24) is 15.3 Å². The van der Waals surface area contributed by atoms with Crippen LogP contribution >= 0.6 is 0 Å². The smallest absolute Gasteiger partial charge is 0.159 e. The molecule has 0 saturated carbocycles. The summed E-state index contributed by atoms with van der Waals surface area (Å²) in [6.45, 7) is 4.90. The Morgan fingerprint density at radius 2 is 2.11 bits per heavy atom. The van der Waals surface area contributed by atoms with E-state index < -0.39 is 0 Å². The minimum absolute atomic E-state index is 0.224. The Morgan fingerprint density at radius 3 is 2.83 bits per heavy atom. The molecule has 0 bridgehead atoms. The quantitative estimate of drug-likeness (QED) is 0.865. The number of aromatic nitrogens is 2. The molecule has 1 aromatic heterocycles. The molecule has 1 aromatic carbocycles. The van der Waals surface area contributed by atoms with Crippen molar-refractivity contribution in [2.45, 2.75) is 26.4 Å². The fraction of sp³-hybridized carbons (Fsp3) is 0.286. The van der Waals surface area contributed by atoms with Crippen LogP contribution in [0.3, 0.4) is 0 Å². The second kappa shape index (κ2) is 5.60. The Labute approximate surface area is 107 Å². The molecule has 0 aliphatic heterocycles. The van der Waals surface area contributed by atoms with Crippen molar-refractivity contribution in [3.63, 3.8) is 0 Å². The molecule has 94 valence electrons. The molecule has 18 heavy (non-hydrogen) atoms. The molecular weight excluding hydrogens is 226 g/mol. The van der Waals surface area contributed by atoms with E-state index in [0.717, 1.165) is 11.3 Å². The molecule has 4 heteroatoms. The lowest BCUT2D eigenvalue weighted by Crippen LogP contribution is -2.22. The summed E-state index contributed by atoms with van der Waals surface area (Å²) in [6, 6.07) is 9.27. The van der Waals surface area contributed by atoms with Crippen molar-refractivity contribution in [2.24, 2.45) is 0 Å². The van der Waals surface area contributed by atoms with Gasteiger partial charge in [-0.25, -0.2) is 9.97 Å². The predicted octanol–water partition coefficient (Wildman–Crippen LogP) is 2.35. The number of rotatable bonds is 4. The first-order chi connectivity index (χ1) is 8.65. The number of nitrogens with one attached hydrogen (secondary N) is 1. The van der Waals surface area contributed by atoms with Gasteiger partial charge in [0.2, 0.25) is 0 Å². The first kappa shape index (κ1) is 12.5. The summed E-state index contributed by atoms with van der Waals surface area (Å²) in [5.41, 5.74) is 1.76. The number of hydrogen-bond acceptors (Lipinski definition) is 4. The van der Waals surface area contributed by atoms with Crippen LogP contribution in [-0.2, 0) is 6.54 Å². The SMILES string of the molecule is CC(C)NCc1ccnc(-c2cccc(O)c2)n1. The maximum atomic E-state index is 9.45. The number of benzene rings is 1. The van der Waals surface area contributed by atoms with Gasteiger partial charge in [0.15, 0.2) is 5.82 Å². The van der Waals surface area contributed by atoms with Gasteiger partial charge in [0.1, 0.15) is 5.75 Å². The normalized spacial score (nSPS) is 10.8. The lowest BCUT2D eigenvalue weighted by molar-refractivity contribution is 0.475. The van der Waals surface area contributed by atoms with E-state index in [-0.39, 0.29) is 5.75 Å². The zero-order chi connectivity index (χ0) is 13.0. The van der Waals surface area contributed by atoms with Crippen LogP contribution in [0, 0.1) is 0 Å². The van der Waals surface area contributed by atoms with Gasteiger partial charge in [-0.3, -0.25) is 0 Å². The number of phenols is 1. The minimum atomic E-state index is 0.224. The van der Waals surface area contributed by atoms with Gasteiger partial charge in [-0.05, 0) is 18.2 Å². The fourth-order valence-corrected chi connectivity index (χ4v) is 1.59. The van der Waals surface area contributed by atoms with E-state index in [1.807, 2.05) is 12.1 Å². The molecule has 0 amide bonds. The van der Waals surface area contributed by atoms with E-state index in [1.54, 1.807) is 24.4 Å². The van der Waals surface area contributed by atoms with Crippen LogP contribution in [0.1, 0.15) is 19.5 Å². The molecule has 4 nitrogen and oxygen atoms in total. The zero-order valence-corrected chi connectivity index (χ0v) is 10.6. The monoisotopic (exact) mass is 243 g/mol. The average Bonchev–Trinajstić information content (AvgIpc) is 2.37. The lowest BCUT2D eigenvalue weighted by Gasteiger charge is -2.08. The summed E-state index contributed by atoms with van der Waals surface area (Å²) in [5.74, 6) is 0.857. The van der Waals surface area contributed by atoms with Gasteiger partial charge in [0, 0.05) is 24.3 Å². The summed E-state index contributed by atoms with van der Waals surface area (Å²) in [4.78, 5) is 8.70. The van der Waals surface area contributed by atoms with Crippen LogP contribution in [-0.4, -0.2) is 21.1 Å². The van der Waals surface area contributed by atoms with Gasteiger partial charge in [0.25, 0.3) is 0 Å². The van der Waals surface area contributed by atoms with E-state index in [0.29, 0.717) is 18.4 Å². The molecule has 0 fully saturated rings. The summed E-state index contributed by atoms with van der Waals surface area (Å²) < 4.78 is 0. The number of aromatic hydroxyl groups is 1. The third kappa shape index (κ3) is 3.28. The van der Waals surface area contributed by atoms with Crippen molar-refractivity contribution < 1.29 is 5.11 Å². The topological polar surface area (TPSA) is 58.0 Å². The minimum Gasteiger partial charge on any atom is -0.508 e. The summed E-state index contributed by atoms with van der Waals surface area (Å²) in [6.07, 6.45) is 1.74. The summed E-state index contributed by atoms with van der Waals surface area (Å²) in [7, 11) is 0. The third-order valence-corrected chi connectivity index (χ3v) is 2.51. The van der Waals surface area contributed by atoms with Crippen molar-refractivity contribution in [3.8, 4) is 17.1 Å². The Balaban J connectivity index is 2.21. The number of phenolic OH excluding ortho intramolecular Hbond substituents is 1.